The third-order valence-corrected chi connectivity index (χ3v) is 2.56. The molecule has 1 amide bonds. The van der Waals surface area contributed by atoms with Crippen molar-refractivity contribution in [1.82, 2.24) is 5.32 Å². The van der Waals surface area contributed by atoms with Crippen LogP contribution in [0.5, 0.6) is 0 Å². The number of benzene rings is 1. The van der Waals surface area contributed by atoms with E-state index in [-0.39, 0.29) is 12.3 Å². The topological polar surface area (TPSA) is 66.4 Å². The molecule has 86 valence electrons. The lowest BCUT2D eigenvalue weighted by atomic mass is 10.0. The minimum atomic E-state index is -0.943. The van der Waals surface area contributed by atoms with E-state index >= 15 is 0 Å². The van der Waals surface area contributed by atoms with Crippen molar-refractivity contribution in [2.45, 2.75) is 19.4 Å². The molecule has 0 bridgehead atoms. The zero-order valence-electron chi connectivity index (χ0n) is 8.74. The van der Waals surface area contributed by atoms with Gasteiger partial charge in [0.2, 0.25) is 5.91 Å². The first kappa shape index (κ1) is 12.7. The predicted octanol–water partition coefficient (Wildman–Crippen LogP) is 2.10. The molecule has 0 spiro atoms. The van der Waals surface area contributed by atoms with E-state index in [2.05, 4.69) is 21.2 Å². The average molecular weight is 286 g/mol. The summed E-state index contributed by atoms with van der Waals surface area (Å²) in [4.78, 5) is 21.6. The second-order valence-electron chi connectivity index (χ2n) is 3.40. The number of carboxylic acids is 1. The van der Waals surface area contributed by atoms with Crippen LogP contribution in [0.1, 0.15) is 24.9 Å². The van der Waals surface area contributed by atoms with Crippen LogP contribution < -0.4 is 5.32 Å². The number of aliphatic carboxylic acids is 1. The number of hydrogen-bond donors (Lipinski definition) is 2. The van der Waals surface area contributed by atoms with Crippen molar-refractivity contribution in [3.63, 3.8) is 0 Å². The van der Waals surface area contributed by atoms with E-state index in [0.29, 0.717) is 0 Å². The quantitative estimate of drug-likeness (QED) is 0.890. The normalized spacial score (nSPS) is 11.9. The van der Waals surface area contributed by atoms with Gasteiger partial charge >= 0.3 is 5.97 Å². The number of rotatable bonds is 4. The van der Waals surface area contributed by atoms with Crippen LogP contribution in [0.3, 0.4) is 0 Å². The Morgan fingerprint density at radius 1 is 1.38 bits per heavy atom. The summed E-state index contributed by atoms with van der Waals surface area (Å²) >= 11 is 3.29. The highest BCUT2D eigenvalue weighted by Crippen LogP contribution is 2.19. The summed E-state index contributed by atoms with van der Waals surface area (Å²) in [5, 5.41) is 11.4. The van der Waals surface area contributed by atoms with Gasteiger partial charge in [0.05, 0.1) is 12.5 Å². The third kappa shape index (κ3) is 4.02. The molecule has 1 aromatic rings. The Bertz CT molecular complexity index is 373. The van der Waals surface area contributed by atoms with Gasteiger partial charge in [-0.1, -0.05) is 28.1 Å². The smallest absolute Gasteiger partial charge is 0.305 e. The second-order valence-corrected chi connectivity index (χ2v) is 4.32. The number of carbonyl (C=O) groups is 2. The molecular weight excluding hydrogens is 274 g/mol. The molecule has 2 N–H and O–H groups in total. The largest absolute Gasteiger partial charge is 0.481 e. The SMILES string of the molecule is CC(=O)NC(CC(=O)O)c1ccc(Br)cc1. The van der Waals surface area contributed by atoms with Crippen LogP contribution in [0.2, 0.25) is 0 Å². The van der Waals surface area contributed by atoms with E-state index < -0.39 is 12.0 Å². The first-order valence-electron chi connectivity index (χ1n) is 4.73. The van der Waals surface area contributed by atoms with Gasteiger partial charge in [-0.2, -0.15) is 0 Å². The molecule has 0 aliphatic heterocycles. The fraction of sp³-hybridized carbons (Fsp3) is 0.273. The fourth-order valence-electron chi connectivity index (χ4n) is 1.37. The van der Waals surface area contributed by atoms with Gasteiger partial charge in [-0.25, -0.2) is 0 Å². The Morgan fingerprint density at radius 2 is 1.94 bits per heavy atom. The average Bonchev–Trinajstić information content (AvgIpc) is 2.16. The Kier molecular flexibility index (Phi) is 4.49. The van der Waals surface area contributed by atoms with Crippen LogP contribution in [-0.4, -0.2) is 17.0 Å². The first-order valence-corrected chi connectivity index (χ1v) is 5.52. The van der Waals surface area contributed by atoms with E-state index in [1.807, 2.05) is 12.1 Å². The van der Waals surface area contributed by atoms with Gasteiger partial charge in [-0.3, -0.25) is 9.59 Å². The van der Waals surface area contributed by atoms with Gasteiger partial charge in [-0.05, 0) is 17.7 Å². The highest BCUT2D eigenvalue weighted by atomic mass is 79.9. The molecule has 16 heavy (non-hydrogen) atoms. The van der Waals surface area contributed by atoms with Crippen molar-refractivity contribution >= 4 is 27.8 Å². The van der Waals surface area contributed by atoms with E-state index in [9.17, 15) is 9.59 Å². The minimum Gasteiger partial charge on any atom is -0.481 e. The molecule has 1 aromatic carbocycles. The predicted molar refractivity (Wildman–Crippen MR) is 63.0 cm³/mol. The summed E-state index contributed by atoms with van der Waals surface area (Å²) in [6, 6.07) is 6.71. The van der Waals surface area contributed by atoms with Crippen LogP contribution in [-0.2, 0) is 9.59 Å². The van der Waals surface area contributed by atoms with Gasteiger partial charge in [0.25, 0.3) is 0 Å². The summed E-state index contributed by atoms with van der Waals surface area (Å²) < 4.78 is 0.910. The van der Waals surface area contributed by atoms with Crippen molar-refractivity contribution in [3.05, 3.63) is 34.3 Å². The van der Waals surface area contributed by atoms with Crippen LogP contribution in [0, 0.1) is 0 Å². The first-order chi connectivity index (χ1) is 7.49. The molecule has 0 fully saturated rings. The van der Waals surface area contributed by atoms with E-state index in [1.54, 1.807) is 12.1 Å². The van der Waals surface area contributed by atoms with Crippen LogP contribution >= 0.6 is 15.9 Å². The summed E-state index contributed by atoms with van der Waals surface area (Å²) in [5.41, 5.74) is 0.779. The molecule has 0 saturated carbocycles. The Morgan fingerprint density at radius 3 is 2.38 bits per heavy atom. The van der Waals surface area contributed by atoms with Crippen molar-refractivity contribution in [2.24, 2.45) is 0 Å². The van der Waals surface area contributed by atoms with Crippen LogP contribution in [0.25, 0.3) is 0 Å². The Balaban J connectivity index is 2.86. The van der Waals surface area contributed by atoms with Gasteiger partial charge in [0.15, 0.2) is 0 Å². The maximum atomic E-state index is 11.0. The number of halogens is 1. The summed E-state index contributed by atoms with van der Waals surface area (Å²) in [6.45, 7) is 1.37. The summed E-state index contributed by atoms with van der Waals surface area (Å²) in [5.74, 6) is -1.18. The van der Waals surface area contributed by atoms with Gasteiger partial charge < -0.3 is 10.4 Å². The maximum absolute atomic E-state index is 11.0. The molecule has 5 heteroatoms. The third-order valence-electron chi connectivity index (χ3n) is 2.03. The number of hydrogen-bond acceptors (Lipinski definition) is 2. The molecule has 0 radical (unpaired) electrons. The van der Waals surface area contributed by atoms with Gasteiger partial charge in [0.1, 0.15) is 0 Å². The van der Waals surface area contributed by atoms with Gasteiger partial charge in [0, 0.05) is 11.4 Å². The van der Waals surface area contributed by atoms with Crippen LogP contribution in [0.4, 0.5) is 0 Å². The standard InChI is InChI=1S/C11H12BrNO3/c1-7(14)13-10(6-11(15)16)8-2-4-9(12)5-3-8/h2-5,10H,6H2,1H3,(H,13,14)(H,15,16). The zero-order chi connectivity index (χ0) is 12.1. The molecule has 1 rings (SSSR count). The molecule has 4 nitrogen and oxygen atoms in total. The van der Waals surface area contributed by atoms with E-state index in [4.69, 9.17) is 5.11 Å². The zero-order valence-corrected chi connectivity index (χ0v) is 10.3. The Labute approximate surface area is 102 Å². The summed E-state index contributed by atoms with van der Waals surface area (Å²) in [6.07, 6.45) is -0.124. The molecule has 0 aliphatic rings. The van der Waals surface area contributed by atoms with Crippen LogP contribution in [0.15, 0.2) is 28.7 Å². The minimum absolute atomic E-state index is 0.124. The maximum Gasteiger partial charge on any atom is 0.305 e. The molecule has 0 heterocycles. The fourth-order valence-corrected chi connectivity index (χ4v) is 1.63. The number of amides is 1. The number of carboxylic acid groups (broad SMARTS) is 1. The molecule has 0 saturated heterocycles. The highest BCUT2D eigenvalue weighted by Gasteiger charge is 2.16. The van der Waals surface area contributed by atoms with E-state index in [1.165, 1.54) is 6.92 Å². The summed E-state index contributed by atoms with van der Waals surface area (Å²) in [7, 11) is 0. The lowest BCUT2D eigenvalue weighted by Crippen LogP contribution is -2.27. The molecule has 1 unspecified atom stereocenters. The number of carbonyl (C=O) groups excluding carboxylic acids is 1. The lowest BCUT2D eigenvalue weighted by molar-refractivity contribution is -0.137. The van der Waals surface area contributed by atoms with Crippen molar-refractivity contribution in [1.29, 1.82) is 0 Å². The van der Waals surface area contributed by atoms with Crippen molar-refractivity contribution < 1.29 is 14.7 Å². The second kappa shape index (κ2) is 5.65. The molecular formula is C11H12BrNO3. The number of nitrogens with one attached hydrogen (secondary N) is 1. The monoisotopic (exact) mass is 285 g/mol. The van der Waals surface area contributed by atoms with E-state index in [0.717, 1.165) is 10.0 Å². The Hall–Kier alpha value is -1.36. The van der Waals surface area contributed by atoms with Crippen molar-refractivity contribution in [2.75, 3.05) is 0 Å². The lowest BCUT2D eigenvalue weighted by Gasteiger charge is -2.16. The molecule has 0 aliphatic carbocycles. The highest BCUT2D eigenvalue weighted by molar-refractivity contribution is 9.10. The molecule has 1 atom stereocenters. The van der Waals surface area contributed by atoms with Crippen molar-refractivity contribution in [3.8, 4) is 0 Å². The molecule has 0 aromatic heterocycles. The van der Waals surface area contributed by atoms with Gasteiger partial charge in [-0.15, -0.1) is 0 Å².